The molecule has 5 nitrogen and oxygen atoms in total. The summed E-state index contributed by atoms with van der Waals surface area (Å²) in [5.74, 6) is 0.822. The second kappa shape index (κ2) is 6.52. The van der Waals surface area contributed by atoms with Gasteiger partial charge in [0.25, 0.3) is 0 Å². The Bertz CT molecular complexity index is 741. The third kappa shape index (κ3) is 3.43. The van der Waals surface area contributed by atoms with Gasteiger partial charge in [-0.1, -0.05) is 0 Å². The molecule has 0 radical (unpaired) electrons. The first-order valence-electron chi connectivity index (χ1n) is 7.68. The number of ether oxygens (including phenoxy) is 1. The lowest BCUT2D eigenvalue weighted by molar-refractivity contribution is 0.123. The number of aromatic nitrogens is 3. The van der Waals surface area contributed by atoms with Crippen LogP contribution in [0.4, 0.5) is 0 Å². The standard InChI is InChI=1S/C17H18N4OS/c1-4-15(9-18-5-1)22-16-11-20(13-17-19-6-8-23-17)10-14-3-2-7-21(14)12-16/h1-9,16H,10-13H2. The second-order valence-electron chi connectivity index (χ2n) is 5.68. The first kappa shape index (κ1) is 14.4. The number of pyridine rings is 1. The minimum Gasteiger partial charge on any atom is -0.486 e. The van der Waals surface area contributed by atoms with Crippen molar-refractivity contribution < 1.29 is 4.74 Å². The molecule has 0 aliphatic carbocycles. The van der Waals surface area contributed by atoms with Crippen LogP contribution >= 0.6 is 11.3 Å². The van der Waals surface area contributed by atoms with Crippen molar-refractivity contribution in [3.63, 3.8) is 0 Å². The molecule has 0 amide bonds. The summed E-state index contributed by atoms with van der Waals surface area (Å²) in [5.41, 5.74) is 1.32. The zero-order valence-corrected chi connectivity index (χ0v) is 13.5. The van der Waals surface area contributed by atoms with Crippen LogP contribution in [-0.2, 0) is 19.6 Å². The van der Waals surface area contributed by atoms with Gasteiger partial charge in [-0.05, 0) is 24.3 Å². The molecule has 0 fully saturated rings. The minimum atomic E-state index is 0.0906. The predicted molar refractivity (Wildman–Crippen MR) is 89.3 cm³/mol. The zero-order chi connectivity index (χ0) is 15.5. The second-order valence-corrected chi connectivity index (χ2v) is 6.66. The normalized spacial score (nSPS) is 18.3. The van der Waals surface area contributed by atoms with E-state index in [4.69, 9.17) is 4.74 Å². The van der Waals surface area contributed by atoms with Crippen LogP contribution in [0.15, 0.2) is 54.4 Å². The molecule has 1 aliphatic heterocycles. The Labute approximate surface area is 139 Å². The average molecular weight is 326 g/mol. The first-order valence-corrected chi connectivity index (χ1v) is 8.56. The number of rotatable bonds is 4. The number of fused-ring (bicyclic) bond motifs is 1. The average Bonchev–Trinajstić information content (AvgIpc) is 3.18. The van der Waals surface area contributed by atoms with Crippen molar-refractivity contribution in [2.75, 3.05) is 6.54 Å². The summed E-state index contributed by atoms with van der Waals surface area (Å²) in [4.78, 5) is 10.9. The molecular weight excluding hydrogens is 308 g/mol. The van der Waals surface area contributed by atoms with E-state index in [1.54, 1.807) is 23.7 Å². The van der Waals surface area contributed by atoms with E-state index in [9.17, 15) is 0 Å². The van der Waals surface area contributed by atoms with Crippen LogP contribution in [0.5, 0.6) is 5.75 Å². The summed E-state index contributed by atoms with van der Waals surface area (Å²) in [7, 11) is 0. The molecule has 0 N–H and O–H groups in total. The van der Waals surface area contributed by atoms with E-state index in [-0.39, 0.29) is 6.10 Å². The fourth-order valence-corrected chi connectivity index (χ4v) is 3.61. The number of nitrogens with zero attached hydrogens (tertiary/aromatic N) is 4. The molecular formula is C17H18N4OS. The highest BCUT2D eigenvalue weighted by Gasteiger charge is 2.23. The molecule has 118 valence electrons. The summed E-state index contributed by atoms with van der Waals surface area (Å²) < 4.78 is 8.45. The van der Waals surface area contributed by atoms with Crippen LogP contribution in [0.2, 0.25) is 0 Å². The molecule has 0 saturated carbocycles. The van der Waals surface area contributed by atoms with Gasteiger partial charge in [-0.25, -0.2) is 4.98 Å². The van der Waals surface area contributed by atoms with E-state index in [1.807, 2.05) is 23.7 Å². The highest BCUT2D eigenvalue weighted by atomic mass is 32.1. The third-order valence-corrected chi connectivity index (χ3v) is 4.72. The van der Waals surface area contributed by atoms with Gasteiger partial charge in [0.1, 0.15) is 16.9 Å². The van der Waals surface area contributed by atoms with Gasteiger partial charge >= 0.3 is 0 Å². The molecule has 0 spiro atoms. The summed E-state index contributed by atoms with van der Waals surface area (Å²) in [6, 6.07) is 8.14. The maximum Gasteiger partial charge on any atom is 0.138 e. The maximum absolute atomic E-state index is 6.17. The molecule has 0 bridgehead atoms. The zero-order valence-electron chi connectivity index (χ0n) is 12.7. The number of thiazole rings is 1. The van der Waals surface area contributed by atoms with Crippen LogP contribution in [-0.4, -0.2) is 32.1 Å². The SMILES string of the molecule is c1cncc(OC2CN(Cc3nccs3)Cc3cccn3C2)c1. The molecule has 23 heavy (non-hydrogen) atoms. The largest absolute Gasteiger partial charge is 0.486 e. The van der Waals surface area contributed by atoms with Gasteiger partial charge < -0.3 is 9.30 Å². The van der Waals surface area contributed by atoms with Crippen molar-refractivity contribution >= 4 is 11.3 Å². The molecule has 3 aromatic rings. The summed E-state index contributed by atoms with van der Waals surface area (Å²) in [6.07, 6.45) is 7.62. The van der Waals surface area contributed by atoms with E-state index in [2.05, 4.69) is 37.8 Å². The lowest BCUT2D eigenvalue weighted by Crippen LogP contribution is -2.34. The van der Waals surface area contributed by atoms with E-state index in [1.165, 1.54) is 5.69 Å². The molecule has 1 unspecified atom stereocenters. The lowest BCUT2D eigenvalue weighted by atomic mass is 10.3. The Morgan fingerprint density at radius 3 is 3.04 bits per heavy atom. The maximum atomic E-state index is 6.17. The van der Waals surface area contributed by atoms with E-state index in [0.717, 1.165) is 36.9 Å². The quantitative estimate of drug-likeness (QED) is 0.739. The first-order chi connectivity index (χ1) is 11.4. The Morgan fingerprint density at radius 2 is 2.22 bits per heavy atom. The van der Waals surface area contributed by atoms with Gasteiger partial charge in [-0.3, -0.25) is 9.88 Å². The van der Waals surface area contributed by atoms with Crippen molar-refractivity contribution in [2.24, 2.45) is 0 Å². The summed E-state index contributed by atoms with van der Waals surface area (Å²) in [6.45, 7) is 3.50. The fraction of sp³-hybridized carbons (Fsp3) is 0.294. The molecule has 6 heteroatoms. The van der Waals surface area contributed by atoms with Crippen LogP contribution in [0.3, 0.4) is 0 Å². The van der Waals surface area contributed by atoms with Crippen molar-refractivity contribution in [2.45, 2.75) is 25.7 Å². The molecule has 0 saturated heterocycles. The smallest absolute Gasteiger partial charge is 0.138 e. The van der Waals surface area contributed by atoms with Gasteiger partial charge in [0.05, 0.1) is 19.3 Å². The summed E-state index contributed by atoms with van der Waals surface area (Å²) >= 11 is 1.70. The number of hydrogen-bond acceptors (Lipinski definition) is 5. The molecule has 4 heterocycles. The summed E-state index contributed by atoms with van der Waals surface area (Å²) in [5, 5.41) is 3.17. The van der Waals surface area contributed by atoms with Crippen molar-refractivity contribution in [1.82, 2.24) is 19.4 Å². The highest BCUT2D eigenvalue weighted by Crippen LogP contribution is 2.20. The van der Waals surface area contributed by atoms with Crippen LogP contribution in [0, 0.1) is 0 Å². The molecule has 0 aromatic carbocycles. The fourth-order valence-electron chi connectivity index (χ4n) is 2.96. The molecule has 1 aliphatic rings. The number of hydrogen-bond donors (Lipinski definition) is 0. The lowest BCUT2D eigenvalue weighted by Gasteiger charge is -2.23. The molecule has 1 atom stereocenters. The molecule has 3 aromatic heterocycles. The van der Waals surface area contributed by atoms with Crippen molar-refractivity contribution in [1.29, 1.82) is 0 Å². The van der Waals surface area contributed by atoms with Gasteiger partial charge in [-0.15, -0.1) is 11.3 Å². The third-order valence-electron chi connectivity index (χ3n) is 3.95. The highest BCUT2D eigenvalue weighted by molar-refractivity contribution is 7.09. The van der Waals surface area contributed by atoms with Crippen LogP contribution < -0.4 is 4.74 Å². The van der Waals surface area contributed by atoms with E-state index in [0.29, 0.717) is 0 Å². The van der Waals surface area contributed by atoms with Crippen molar-refractivity contribution in [3.8, 4) is 5.75 Å². The Kier molecular flexibility index (Phi) is 4.08. The van der Waals surface area contributed by atoms with E-state index >= 15 is 0 Å². The predicted octanol–water partition coefficient (Wildman–Crippen LogP) is 2.80. The monoisotopic (exact) mass is 326 g/mol. The van der Waals surface area contributed by atoms with Gasteiger partial charge in [-0.2, -0.15) is 0 Å². The van der Waals surface area contributed by atoms with Gasteiger partial charge in [0, 0.05) is 42.8 Å². The van der Waals surface area contributed by atoms with Gasteiger partial charge in [0.2, 0.25) is 0 Å². The molecule has 4 rings (SSSR count). The Morgan fingerprint density at radius 1 is 1.22 bits per heavy atom. The Balaban J connectivity index is 1.54. The minimum absolute atomic E-state index is 0.0906. The Hall–Kier alpha value is -2.18. The van der Waals surface area contributed by atoms with E-state index < -0.39 is 0 Å². The van der Waals surface area contributed by atoms with Crippen LogP contribution in [0.1, 0.15) is 10.7 Å². The van der Waals surface area contributed by atoms with Crippen molar-refractivity contribution in [3.05, 3.63) is 65.1 Å². The van der Waals surface area contributed by atoms with Crippen LogP contribution in [0.25, 0.3) is 0 Å². The van der Waals surface area contributed by atoms with Gasteiger partial charge in [0.15, 0.2) is 0 Å². The topological polar surface area (TPSA) is 43.2 Å².